The molecule has 3 saturated carbocycles. The van der Waals surface area contributed by atoms with Crippen LogP contribution in [0.1, 0.15) is 128 Å². The lowest BCUT2D eigenvalue weighted by Crippen LogP contribution is -2.29. The van der Waals surface area contributed by atoms with E-state index in [9.17, 15) is 0 Å². The van der Waals surface area contributed by atoms with Gasteiger partial charge in [0.1, 0.15) is 0 Å². The molecular formula is C31H47NS. The van der Waals surface area contributed by atoms with E-state index in [4.69, 9.17) is 12.2 Å². The molecule has 3 aliphatic rings. The minimum atomic E-state index is 0.750. The largest absolute Gasteiger partial charge is 0.195 e. The third-order valence-corrected chi connectivity index (χ3v) is 9.91. The number of isothiocyanates is 1. The van der Waals surface area contributed by atoms with Gasteiger partial charge in [-0.2, -0.15) is 4.99 Å². The molecular weight excluding hydrogens is 418 g/mol. The molecule has 0 heterocycles. The first-order valence-electron chi connectivity index (χ1n) is 14.4. The van der Waals surface area contributed by atoms with E-state index in [1.54, 1.807) is 25.7 Å². The van der Waals surface area contributed by atoms with Gasteiger partial charge in [-0.05, 0) is 130 Å². The summed E-state index contributed by atoms with van der Waals surface area (Å²) in [6.45, 7) is 2.32. The van der Waals surface area contributed by atoms with Crippen molar-refractivity contribution in [1.29, 1.82) is 0 Å². The lowest BCUT2D eigenvalue weighted by atomic mass is 9.64. The molecule has 3 fully saturated rings. The van der Waals surface area contributed by atoms with Crippen molar-refractivity contribution in [2.75, 3.05) is 0 Å². The summed E-state index contributed by atoms with van der Waals surface area (Å²) in [4.78, 5) is 4.09. The second-order valence-corrected chi connectivity index (χ2v) is 11.9. The van der Waals surface area contributed by atoms with Crippen LogP contribution in [0, 0.1) is 29.6 Å². The Morgan fingerprint density at radius 3 is 1.73 bits per heavy atom. The van der Waals surface area contributed by atoms with Gasteiger partial charge in [0.05, 0.1) is 10.8 Å². The number of thiocarbonyl (C=S) groups is 1. The van der Waals surface area contributed by atoms with Gasteiger partial charge in [0.25, 0.3) is 0 Å². The van der Waals surface area contributed by atoms with Crippen LogP contribution in [0.25, 0.3) is 0 Å². The molecule has 0 aromatic heterocycles. The van der Waals surface area contributed by atoms with Crippen molar-refractivity contribution in [2.24, 2.45) is 34.6 Å². The zero-order valence-corrected chi connectivity index (χ0v) is 22.0. The SMILES string of the molecule is CCCCCCC1CCC(C2CCC(C3CCC(c4ccc(N=C=S)cc4)CC3)CC2)CC1. The topological polar surface area (TPSA) is 12.4 Å². The van der Waals surface area contributed by atoms with E-state index in [1.165, 1.54) is 89.0 Å². The number of nitrogens with zero attached hydrogens (tertiary/aromatic N) is 1. The van der Waals surface area contributed by atoms with Crippen LogP contribution in [0.4, 0.5) is 5.69 Å². The molecule has 1 aromatic carbocycles. The number of hydrogen-bond acceptors (Lipinski definition) is 2. The second-order valence-electron chi connectivity index (χ2n) is 11.7. The van der Waals surface area contributed by atoms with Gasteiger partial charge in [0.15, 0.2) is 0 Å². The Labute approximate surface area is 209 Å². The molecule has 1 nitrogen and oxygen atoms in total. The van der Waals surface area contributed by atoms with Gasteiger partial charge >= 0.3 is 0 Å². The van der Waals surface area contributed by atoms with Crippen LogP contribution in [0.2, 0.25) is 0 Å². The van der Waals surface area contributed by atoms with Crippen molar-refractivity contribution in [3.8, 4) is 0 Å². The summed E-state index contributed by atoms with van der Waals surface area (Å²) in [5.41, 5.74) is 2.43. The first-order valence-corrected chi connectivity index (χ1v) is 14.9. The molecule has 0 saturated heterocycles. The van der Waals surface area contributed by atoms with Crippen molar-refractivity contribution in [2.45, 2.75) is 122 Å². The Bertz CT molecular complexity index is 725. The van der Waals surface area contributed by atoms with Gasteiger partial charge in [-0.1, -0.05) is 64.0 Å². The molecule has 2 heteroatoms. The fraction of sp³-hybridized carbons (Fsp3) is 0.774. The molecule has 33 heavy (non-hydrogen) atoms. The zero-order chi connectivity index (χ0) is 22.9. The standard InChI is InChI=1S/C31H47NS/c1-2-3-4-5-6-24-7-9-25(10-8-24)26-11-13-27(14-12-26)28-15-17-29(18-16-28)30-19-21-31(22-20-30)32-23-33/h19-22,24-29H,2-18H2,1H3. The van der Waals surface area contributed by atoms with E-state index in [0.29, 0.717) is 0 Å². The van der Waals surface area contributed by atoms with Gasteiger partial charge < -0.3 is 0 Å². The van der Waals surface area contributed by atoms with Crippen molar-refractivity contribution in [1.82, 2.24) is 0 Å². The molecule has 0 aliphatic heterocycles. The first-order chi connectivity index (χ1) is 16.3. The highest BCUT2D eigenvalue weighted by Crippen LogP contribution is 2.47. The third-order valence-electron chi connectivity index (χ3n) is 9.82. The summed E-state index contributed by atoms with van der Waals surface area (Å²) in [6.07, 6.45) is 25.3. The maximum atomic E-state index is 4.72. The molecule has 4 rings (SSSR count). The van der Waals surface area contributed by atoms with Crippen LogP contribution in [-0.2, 0) is 0 Å². The van der Waals surface area contributed by atoms with Crippen molar-refractivity contribution < 1.29 is 0 Å². The quantitative estimate of drug-likeness (QED) is 0.201. The first kappa shape index (κ1) is 25.1. The van der Waals surface area contributed by atoms with Gasteiger partial charge in [0.2, 0.25) is 0 Å². The summed E-state index contributed by atoms with van der Waals surface area (Å²) >= 11 is 4.72. The minimum absolute atomic E-state index is 0.750. The Balaban J connectivity index is 1.14. The minimum Gasteiger partial charge on any atom is -0.195 e. The average molecular weight is 466 g/mol. The molecule has 0 amide bonds. The maximum absolute atomic E-state index is 4.72. The number of rotatable bonds is 9. The zero-order valence-electron chi connectivity index (χ0n) is 21.1. The van der Waals surface area contributed by atoms with E-state index >= 15 is 0 Å². The lowest BCUT2D eigenvalue weighted by Gasteiger charge is -2.41. The summed E-state index contributed by atoms with van der Waals surface area (Å²) in [5, 5.41) is 2.47. The second kappa shape index (κ2) is 13.2. The Morgan fingerprint density at radius 1 is 0.697 bits per heavy atom. The predicted octanol–water partition coefficient (Wildman–Crippen LogP) is 10.3. The van der Waals surface area contributed by atoms with Crippen molar-refractivity contribution in [3.63, 3.8) is 0 Å². The van der Waals surface area contributed by atoms with Crippen molar-refractivity contribution >= 4 is 23.1 Å². The van der Waals surface area contributed by atoms with Crippen LogP contribution in [0.3, 0.4) is 0 Å². The molecule has 0 spiro atoms. The molecule has 1 aromatic rings. The molecule has 182 valence electrons. The Morgan fingerprint density at radius 2 is 1.21 bits per heavy atom. The Kier molecular flexibility index (Phi) is 10.0. The monoisotopic (exact) mass is 465 g/mol. The van der Waals surface area contributed by atoms with Crippen LogP contribution >= 0.6 is 12.2 Å². The summed E-state index contributed by atoms with van der Waals surface area (Å²) in [7, 11) is 0. The smallest absolute Gasteiger partial charge is 0.0739 e. The fourth-order valence-electron chi connectivity index (χ4n) is 7.69. The number of hydrogen-bond donors (Lipinski definition) is 0. The fourth-order valence-corrected chi connectivity index (χ4v) is 7.80. The lowest BCUT2D eigenvalue weighted by molar-refractivity contribution is 0.108. The van der Waals surface area contributed by atoms with Crippen LogP contribution < -0.4 is 0 Å². The summed E-state index contributed by atoms with van der Waals surface area (Å²) < 4.78 is 0. The highest BCUT2D eigenvalue weighted by atomic mass is 32.1. The molecule has 0 N–H and O–H groups in total. The molecule has 0 radical (unpaired) electrons. The van der Waals surface area contributed by atoms with E-state index in [-0.39, 0.29) is 0 Å². The number of aliphatic imine (C=N–C) groups is 1. The summed E-state index contributed by atoms with van der Waals surface area (Å²) in [6, 6.07) is 8.73. The van der Waals surface area contributed by atoms with E-state index in [2.05, 4.69) is 41.3 Å². The van der Waals surface area contributed by atoms with Crippen LogP contribution in [0.5, 0.6) is 0 Å². The van der Waals surface area contributed by atoms with Crippen molar-refractivity contribution in [3.05, 3.63) is 29.8 Å². The molecule has 0 atom stereocenters. The van der Waals surface area contributed by atoms with Gasteiger partial charge in [-0.15, -0.1) is 0 Å². The van der Waals surface area contributed by atoms with Gasteiger partial charge in [-0.3, -0.25) is 0 Å². The van der Waals surface area contributed by atoms with Gasteiger partial charge in [-0.25, -0.2) is 0 Å². The molecule has 3 aliphatic carbocycles. The molecule has 0 bridgehead atoms. The third kappa shape index (κ3) is 7.25. The number of unbranched alkanes of at least 4 members (excludes halogenated alkanes) is 3. The van der Waals surface area contributed by atoms with Gasteiger partial charge in [0, 0.05) is 0 Å². The highest BCUT2D eigenvalue weighted by Gasteiger charge is 2.34. The Hall–Kier alpha value is -0.980. The summed E-state index contributed by atoms with van der Waals surface area (Å²) in [5.74, 6) is 5.97. The maximum Gasteiger partial charge on any atom is 0.0739 e. The predicted molar refractivity (Wildman–Crippen MR) is 145 cm³/mol. The van der Waals surface area contributed by atoms with Crippen LogP contribution in [0.15, 0.2) is 29.3 Å². The van der Waals surface area contributed by atoms with E-state index in [1.807, 2.05) is 0 Å². The average Bonchev–Trinajstić information content (AvgIpc) is 2.88. The number of benzene rings is 1. The highest BCUT2D eigenvalue weighted by molar-refractivity contribution is 7.78. The van der Waals surface area contributed by atoms with Crippen LogP contribution in [-0.4, -0.2) is 5.16 Å². The van der Waals surface area contributed by atoms with E-state index in [0.717, 1.165) is 41.2 Å². The molecule has 0 unspecified atom stereocenters. The normalized spacial score (nSPS) is 32.8. The van der Waals surface area contributed by atoms with E-state index < -0.39 is 0 Å².